The van der Waals surface area contributed by atoms with Gasteiger partial charge in [-0.2, -0.15) is 0 Å². The van der Waals surface area contributed by atoms with Crippen LogP contribution in [0.4, 0.5) is 0 Å². The third-order valence-electron chi connectivity index (χ3n) is 5.94. The normalized spacial score (nSPS) is 12.7. The van der Waals surface area contributed by atoms with E-state index < -0.39 is 8.32 Å². The predicted molar refractivity (Wildman–Crippen MR) is 115 cm³/mol. The highest BCUT2D eigenvalue weighted by atomic mass is 28.4. The minimum Gasteiger partial charge on any atom is -0.420 e. The predicted octanol–water partition coefficient (Wildman–Crippen LogP) is 3.99. The molecule has 0 radical (unpaired) electrons. The van der Waals surface area contributed by atoms with Gasteiger partial charge < -0.3 is 19.1 Å². The fourth-order valence-electron chi connectivity index (χ4n) is 3.40. The Morgan fingerprint density at radius 3 is 1.48 bits per heavy atom. The fraction of sp³-hybridized carbons (Fsp3) is 1.00. The zero-order valence-corrected chi connectivity index (χ0v) is 19.4. The highest BCUT2D eigenvalue weighted by molar-refractivity contribution is 6.73. The Bertz CT molecular complexity index is 276. The molecule has 0 rings (SSSR count). The van der Waals surface area contributed by atoms with Gasteiger partial charge in [-0.15, -0.1) is 0 Å². The lowest BCUT2D eigenvalue weighted by molar-refractivity contribution is 0.230. The lowest BCUT2D eigenvalue weighted by Crippen LogP contribution is -2.37. The van der Waals surface area contributed by atoms with Gasteiger partial charge in [-0.1, -0.05) is 27.7 Å². The SMILES string of the molecule is CCN(C)CCCN(CCCN(C)CC)CCC[Si](CC)(CC)OC. The summed E-state index contributed by atoms with van der Waals surface area (Å²) in [5.74, 6) is 0. The summed E-state index contributed by atoms with van der Waals surface area (Å²) in [7, 11) is 4.95. The van der Waals surface area contributed by atoms with Crippen molar-refractivity contribution < 1.29 is 4.43 Å². The van der Waals surface area contributed by atoms with Crippen LogP contribution in [0.1, 0.15) is 47.0 Å². The summed E-state index contributed by atoms with van der Waals surface area (Å²) >= 11 is 0. The van der Waals surface area contributed by atoms with Gasteiger partial charge >= 0.3 is 0 Å². The molecule has 0 aliphatic heterocycles. The van der Waals surface area contributed by atoms with Crippen molar-refractivity contribution in [3.8, 4) is 0 Å². The van der Waals surface area contributed by atoms with Crippen molar-refractivity contribution >= 4 is 8.32 Å². The Morgan fingerprint density at radius 1 is 0.680 bits per heavy atom. The number of hydrogen-bond acceptors (Lipinski definition) is 4. The molecule has 0 aromatic rings. The molecule has 0 aliphatic rings. The van der Waals surface area contributed by atoms with Gasteiger partial charge in [0, 0.05) is 7.11 Å². The van der Waals surface area contributed by atoms with Gasteiger partial charge in [-0.05, 0) is 97.3 Å². The maximum Gasteiger partial charge on any atom is 0.191 e. The maximum absolute atomic E-state index is 5.98. The first kappa shape index (κ1) is 25.1. The summed E-state index contributed by atoms with van der Waals surface area (Å²) in [6.45, 7) is 17.5. The molecule has 0 aliphatic carbocycles. The zero-order valence-electron chi connectivity index (χ0n) is 18.4. The maximum atomic E-state index is 5.98. The number of rotatable bonds is 17. The summed E-state index contributed by atoms with van der Waals surface area (Å²) in [5, 5.41) is 0. The Morgan fingerprint density at radius 2 is 1.12 bits per heavy atom. The largest absolute Gasteiger partial charge is 0.420 e. The Kier molecular flexibility index (Phi) is 15.2. The van der Waals surface area contributed by atoms with Crippen LogP contribution >= 0.6 is 0 Å². The minimum absolute atomic E-state index is 1.15. The second kappa shape index (κ2) is 15.1. The smallest absolute Gasteiger partial charge is 0.191 e. The van der Waals surface area contributed by atoms with Crippen molar-refractivity contribution in [3.05, 3.63) is 0 Å². The van der Waals surface area contributed by atoms with Crippen molar-refractivity contribution in [2.24, 2.45) is 0 Å². The molecule has 4 nitrogen and oxygen atoms in total. The summed E-state index contributed by atoms with van der Waals surface area (Å²) in [5.41, 5.74) is 0. The molecule has 0 unspecified atom stereocenters. The van der Waals surface area contributed by atoms with Crippen LogP contribution in [0.25, 0.3) is 0 Å². The van der Waals surface area contributed by atoms with Gasteiger partial charge in [-0.25, -0.2) is 0 Å². The van der Waals surface area contributed by atoms with E-state index in [9.17, 15) is 0 Å². The van der Waals surface area contributed by atoms with Crippen molar-refractivity contribution in [1.29, 1.82) is 0 Å². The van der Waals surface area contributed by atoms with Gasteiger partial charge in [-0.3, -0.25) is 0 Å². The van der Waals surface area contributed by atoms with Crippen LogP contribution in [0.3, 0.4) is 0 Å². The molecule has 5 heteroatoms. The first-order chi connectivity index (χ1) is 12.0. The van der Waals surface area contributed by atoms with Crippen LogP contribution in [0, 0.1) is 0 Å². The molecule has 0 fully saturated rings. The van der Waals surface area contributed by atoms with Crippen molar-refractivity contribution in [2.45, 2.75) is 65.1 Å². The molecule has 25 heavy (non-hydrogen) atoms. The Balaban J connectivity index is 4.35. The van der Waals surface area contributed by atoms with E-state index in [0.29, 0.717) is 0 Å². The van der Waals surface area contributed by atoms with Gasteiger partial charge in [0.2, 0.25) is 0 Å². The molecule has 0 amide bonds. The van der Waals surface area contributed by atoms with E-state index in [1.54, 1.807) is 0 Å². The number of nitrogens with zero attached hydrogens (tertiary/aromatic N) is 3. The fourth-order valence-corrected chi connectivity index (χ4v) is 6.19. The molecule has 0 saturated heterocycles. The Labute approximate surface area is 160 Å². The van der Waals surface area contributed by atoms with E-state index in [4.69, 9.17) is 4.43 Å². The van der Waals surface area contributed by atoms with Crippen molar-refractivity contribution in [1.82, 2.24) is 14.7 Å². The molecule has 0 spiro atoms. The zero-order chi connectivity index (χ0) is 19.1. The molecule has 0 saturated carbocycles. The summed E-state index contributed by atoms with van der Waals surface area (Å²) in [6.07, 6.45) is 3.86. The molecular formula is C20H47N3OSi. The molecule has 0 aromatic heterocycles. The van der Waals surface area contributed by atoms with Gasteiger partial charge in [0.05, 0.1) is 0 Å². The summed E-state index contributed by atoms with van der Waals surface area (Å²) in [4.78, 5) is 7.53. The molecule has 0 heterocycles. The van der Waals surface area contributed by atoms with Crippen LogP contribution < -0.4 is 0 Å². The van der Waals surface area contributed by atoms with E-state index in [-0.39, 0.29) is 0 Å². The average Bonchev–Trinajstić information content (AvgIpc) is 2.64. The first-order valence-corrected chi connectivity index (χ1v) is 13.1. The van der Waals surface area contributed by atoms with E-state index in [2.05, 4.69) is 56.5 Å². The molecule has 0 aromatic carbocycles. The highest BCUT2D eigenvalue weighted by Gasteiger charge is 2.28. The monoisotopic (exact) mass is 373 g/mol. The third-order valence-corrected chi connectivity index (χ3v) is 10.6. The first-order valence-electron chi connectivity index (χ1n) is 10.6. The van der Waals surface area contributed by atoms with Gasteiger partial charge in [0.25, 0.3) is 0 Å². The number of hydrogen-bond donors (Lipinski definition) is 0. The van der Waals surface area contributed by atoms with Gasteiger partial charge in [0.15, 0.2) is 8.32 Å². The van der Waals surface area contributed by atoms with Crippen LogP contribution in [0.2, 0.25) is 18.1 Å². The molecule has 0 N–H and O–H groups in total. The third kappa shape index (κ3) is 11.4. The van der Waals surface area contributed by atoms with E-state index >= 15 is 0 Å². The second-order valence-electron chi connectivity index (χ2n) is 7.54. The molecule has 0 bridgehead atoms. The minimum atomic E-state index is -1.44. The topological polar surface area (TPSA) is 19.0 Å². The highest BCUT2D eigenvalue weighted by Crippen LogP contribution is 2.23. The van der Waals surface area contributed by atoms with E-state index in [0.717, 1.165) is 13.1 Å². The molecular weight excluding hydrogens is 326 g/mol. The quantitative estimate of drug-likeness (QED) is 0.359. The summed E-state index contributed by atoms with van der Waals surface area (Å²) < 4.78 is 5.98. The van der Waals surface area contributed by atoms with Crippen LogP contribution in [0.15, 0.2) is 0 Å². The lowest BCUT2D eigenvalue weighted by Gasteiger charge is -2.29. The van der Waals surface area contributed by atoms with E-state index in [1.807, 2.05) is 7.11 Å². The van der Waals surface area contributed by atoms with Gasteiger partial charge in [0.1, 0.15) is 0 Å². The standard InChI is InChI=1S/C20H47N3OSi/c1-8-21(5)15-12-17-23(18-13-16-22(6)9-2)19-14-20-25(10-3,11-4)24-7/h8-20H2,1-7H3. The van der Waals surface area contributed by atoms with Crippen LogP contribution in [0.5, 0.6) is 0 Å². The second-order valence-corrected chi connectivity index (χ2v) is 12.2. The van der Waals surface area contributed by atoms with Crippen LogP contribution in [-0.2, 0) is 4.43 Å². The summed E-state index contributed by atoms with van der Waals surface area (Å²) in [6, 6.07) is 3.82. The lowest BCUT2D eigenvalue weighted by atomic mass is 10.3. The van der Waals surface area contributed by atoms with Crippen molar-refractivity contribution in [3.63, 3.8) is 0 Å². The Hall–Kier alpha value is 0.0569. The van der Waals surface area contributed by atoms with Crippen molar-refractivity contribution in [2.75, 3.05) is 67.0 Å². The molecule has 152 valence electrons. The van der Waals surface area contributed by atoms with E-state index in [1.165, 1.54) is 70.1 Å². The molecule has 0 atom stereocenters. The average molecular weight is 374 g/mol. The van der Waals surface area contributed by atoms with Crippen LogP contribution in [-0.4, -0.2) is 90.0 Å².